The average Bonchev–Trinajstić information content (AvgIpc) is 2.44. The summed E-state index contributed by atoms with van der Waals surface area (Å²) >= 11 is 0. The highest BCUT2D eigenvalue weighted by Crippen LogP contribution is 2.38. The summed E-state index contributed by atoms with van der Waals surface area (Å²) in [6, 6.07) is 0.571. The Morgan fingerprint density at radius 1 is 1.26 bits per heavy atom. The van der Waals surface area contributed by atoms with Gasteiger partial charge in [0.15, 0.2) is 0 Å². The van der Waals surface area contributed by atoms with Crippen LogP contribution >= 0.6 is 0 Å². The van der Waals surface area contributed by atoms with Crippen LogP contribution < -0.4 is 5.32 Å². The van der Waals surface area contributed by atoms with Crippen molar-refractivity contribution in [3.05, 3.63) is 0 Å². The van der Waals surface area contributed by atoms with Gasteiger partial charge < -0.3 is 19.5 Å². The number of methoxy groups -OCH3 is 2. The molecule has 0 aromatic rings. The maximum absolute atomic E-state index is 6.12. The summed E-state index contributed by atoms with van der Waals surface area (Å²) in [7, 11) is 3.47. The van der Waals surface area contributed by atoms with Crippen LogP contribution in [0, 0.1) is 0 Å². The lowest BCUT2D eigenvalue weighted by atomic mass is 9.78. The molecular formula is C15H29NO3. The van der Waals surface area contributed by atoms with Crippen molar-refractivity contribution in [2.24, 2.45) is 0 Å². The third-order valence-corrected chi connectivity index (χ3v) is 4.58. The molecule has 2 fully saturated rings. The Kier molecular flexibility index (Phi) is 6.07. The summed E-state index contributed by atoms with van der Waals surface area (Å²) in [6.07, 6.45) is 8.96. The zero-order valence-corrected chi connectivity index (χ0v) is 12.5. The number of rotatable bonds is 6. The Labute approximate surface area is 117 Å². The molecule has 0 amide bonds. The normalized spacial score (nSPS) is 28.4. The fourth-order valence-corrected chi connectivity index (χ4v) is 3.44. The van der Waals surface area contributed by atoms with Crippen molar-refractivity contribution in [1.82, 2.24) is 5.32 Å². The summed E-state index contributed by atoms with van der Waals surface area (Å²) in [5.41, 5.74) is 0.179. The van der Waals surface area contributed by atoms with Gasteiger partial charge in [0.05, 0.1) is 18.3 Å². The van der Waals surface area contributed by atoms with Gasteiger partial charge in [0.1, 0.15) is 0 Å². The molecule has 4 nitrogen and oxygen atoms in total. The van der Waals surface area contributed by atoms with E-state index < -0.39 is 0 Å². The second-order valence-corrected chi connectivity index (χ2v) is 6.00. The first-order chi connectivity index (χ1) is 9.28. The Morgan fingerprint density at radius 2 is 2.05 bits per heavy atom. The molecule has 2 unspecified atom stereocenters. The Bertz CT molecular complexity index is 248. The van der Waals surface area contributed by atoms with Crippen molar-refractivity contribution >= 4 is 0 Å². The van der Waals surface area contributed by atoms with E-state index in [0.717, 1.165) is 26.0 Å². The van der Waals surface area contributed by atoms with Crippen LogP contribution in [0.4, 0.5) is 0 Å². The molecule has 19 heavy (non-hydrogen) atoms. The quantitative estimate of drug-likeness (QED) is 0.803. The Balaban J connectivity index is 1.77. The molecule has 4 heteroatoms. The van der Waals surface area contributed by atoms with Crippen LogP contribution in [0.3, 0.4) is 0 Å². The molecule has 0 aromatic heterocycles. The molecule has 1 aliphatic heterocycles. The second kappa shape index (κ2) is 7.58. The monoisotopic (exact) mass is 271 g/mol. The second-order valence-electron chi connectivity index (χ2n) is 6.00. The standard InChI is InChI=1S/C15H29NO3/c1-17-12-14(18-2)11-16-13-6-9-19-15(10-13)7-4-3-5-8-15/h13-14,16H,3-12H2,1-2H3. The molecule has 0 radical (unpaired) electrons. The summed E-state index contributed by atoms with van der Waals surface area (Å²) in [6.45, 7) is 2.42. The molecule has 2 atom stereocenters. The van der Waals surface area contributed by atoms with Gasteiger partial charge in [-0.1, -0.05) is 19.3 Å². The van der Waals surface area contributed by atoms with Crippen molar-refractivity contribution < 1.29 is 14.2 Å². The molecule has 112 valence electrons. The first-order valence-corrected chi connectivity index (χ1v) is 7.67. The fraction of sp³-hybridized carbons (Fsp3) is 1.00. The molecule has 1 aliphatic carbocycles. The van der Waals surface area contributed by atoms with Crippen LogP contribution in [0.5, 0.6) is 0 Å². The summed E-state index contributed by atoms with van der Waals surface area (Å²) in [4.78, 5) is 0. The molecule has 1 saturated heterocycles. The molecule has 1 heterocycles. The van der Waals surface area contributed by atoms with E-state index in [1.165, 1.54) is 32.1 Å². The number of hydrogen-bond acceptors (Lipinski definition) is 4. The minimum absolute atomic E-state index is 0.148. The van der Waals surface area contributed by atoms with E-state index >= 15 is 0 Å². The molecule has 2 aliphatic rings. The SMILES string of the molecule is COCC(CNC1CCOC2(CCCCC2)C1)OC. The first kappa shape index (κ1) is 15.2. The smallest absolute Gasteiger partial charge is 0.0928 e. The third-order valence-electron chi connectivity index (χ3n) is 4.58. The predicted molar refractivity (Wildman–Crippen MR) is 75.5 cm³/mol. The van der Waals surface area contributed by atoms with Crippen molar-refractivity contribution in [1.29, 1.82) is 0 Å². The molecule has 1 spiro atoms. The highest BCUT2D eigenvalue weighted by molar-refractivity contribution is 4.92. The molecule has 0 bridgehead atoms. The van der Waals surface area contributed by atoms with Crippen molar-refractivity contribution in [3.63, 3.8) is 0 Å². The first-order valence-electron chi connectivity index (χ1n) is 7.67. The molecule has 1 N–H and O–H groups in total. The molecule has 0 aromatic carbocycles. The minimum atomic E-state index is 0.148. The Morgan fingerprint density at radius 3 is 2.74 bits per heavy atom. The van der Waals surface area contributed by atoms with Crippen LogP contribution in [0.15, 0.2) is 0 Å². The van der Waals surface area contributed by atoms with Crippen LogP contribution in [-0.2, 0) is 14.2 Å². The van der Waals surface area contributed by atoms with E-state index in [1.54, 1.807) is 14.2 Å². The lowest BCUT2D eigenvalue weighted by Gasteiger charge is -2.44. The van der Waals surface area contributed by atoms with Crippen LogP contribution in [0.2, 0.25) is 0 Å². The lowest BCUT2D eigenvalue weighted by Crippen LogP contribution is -2.49. The van der Waals surface area contributed by atoms with Crippen LogP contribution in [0.1, 0.15) is 44.9 Å². The predicted octanol–water partition coefficient (Wildman–Crippen LogP) is 2.12. The summed E-state index contributed by atoms with van der Waals surface area (Å²) < 4.78 is 16.7. The maximum Gasteiger partial charge on any atom is 0.0928 e. The molecule has 2 rings (SSSR count). The zero-order chi connectivity index (χ0) is 13.6. The topological polar surface area (TPSA) is 39.7 Å². The number of ether oxygens (including phenoxy) is 3. The van der Waals surface area contributed by atoms with Gasteiger partial charge in [0.2, 0.25) is 0 Å². The molecular weight excluding hydrogens is 242 g/mol. The van der Waals surface area contributed by atoms with E-state index in [2.05, 4.69) is 5.32 Å². The summed E-state index contributed by atoms with van der Waals surface area (Å²) in [5.74, 6) is 0. The summed E-state index contributed by atoms with van der Waals surface area (Å²) in [5, 5.41) is 3.64. The van der Waals surface area contributed by atoms with E-state index in [4.69, 9.17) is 14.2 Å². The lowest BCUT2D eigenvalue weighted by molar-refractivity contribution is -0.110. The Hall–Kier alpha value is -0.160. The highest BCUT2D eigenvalue weighted by atomic mass is 16.5. The number of nitrogens with one attached hydrogen (secondary N) is 1. The van der Waals surface area contributed by atoms with Crippen molar-refractivity contribution in [2.45, 2.75) is 62.7 Å². The van der Waals surface area contributed by atoms with Crippen LogP contribution in [0.25, 0.3) is 0 Å². The highest BCUT2D eigenvalue weighted by Gasteiger charge is 2.38. The van der Waals surface area contributed by atoms with Gasteiger partial charge in [-0.25, -0.2) is 0 Å². The fourth-order valence-electron chi connectivity index (χ4n) is 3.44. The van der Waals surface area contributed by atoms with E-state index in [9.17, 15) is 0 Å². The average molecular weight is 271 g/mol. The number of hydrogen-bond donors (Lipinski definition) is 1. The van der Waals surface area contributed by atoms with Crippen LogP contribution in [-0.4, -0.2) is 51.7 Å². The minimum Gasteiger partial charge on any atom is -0.382 e. The third kappa shape index (κ3) is 4.42. The van der Waals surface area contributed by atoms with Gasteiger partial charge in [0.25, 0.3) is 0 Å². The van der Waals surface area contributed by atoms with Gasteiger partial charge in [0, 0.05) is 33.4 Å². The largest absolute Gasteiger partial charge is 0.382 e. The van der Waals surface area contributed by atoms with E-state index in [1.807, 2.05) is 0 Å². The van der Waals surface area contributed by atoms with Gasteiger partial charge in [-0.15, -0.1) is 0 Å². The van der Waals surface area contributed by atoms with Gasteiger partial charge >= 0.3 is 0 Å². The van der Waals surface area contributed by atoms with E-state index in [0.29, 0.717) is 12.6 Å². The van der Waals surface area contributed by atoms with Gasteiger partial charge in [-0.05, 0) is 25.7 Å². The zero-order valence-electron chi connectivity index (χ0n) is 12.5. The maximum atomic E-state index is 6.12. The van der Waals surface area contributed by atoms with Crippen molar-refractivity contribution in [3.8, 4) is 0 Å². The molecule has 1 saturated carbocycles. The van der Waals surface area contributed by atoms with Gasteiger partial charge in [-0.2, -0.15) is 0 Å². The van der Waals surface area contributed by atoms with Crippen molar-refractivity contribution in [2.75, 3.05) is 34.0 Å². The van der Waals surface area contributed by atoms with Gasteiger partial charge in [-0.3, -0.25) is 0 Å². The van der Waals surface area contributed by atoms with E-state index in [-0.39, 0.29) is 11.7 Å².